The molecule has 0 aliphatic carbocycles. The van der Waals surface area contributed by atoms with E-state index in [1.165, 1.54) is 18.3 Å². The Bertz CT molecular complexity index is 519. The molecule has 6 nitrogen and oxygen atoms in total. The van der Waals surface area contributed by atoms with E-state index in [4.69, 9.17) is 5.11 Å². The fourth-order valence-corrected chi connectivity index (χ4v) is 2.65. The number of likely N-dealkylation sites (tertiary alicyclic amines) is 1. The van der Waals surface area contributed by atoms with Crippen molar-refractivity contribution in [2.24, 2.45) is 5.92 Å². The molecule has 1 unspecified atom stereocenters. The van der Waals surface area contributed by atoms with Crippen LogP contribution in [-0.4, -0.2) is 40.1 Å². The third kappa shape index (κ3) is 4.18. The quantitative estimate of drug-likeness (QED) is 0.870. The molecule has 1 aromatic heterocycles. The van der Waals surface area contributed by atoms with Crippen LogP contribution >= 0.6 is 0 Å². The Morgan fingerprint density at radius 1 is 1.52 bits per heavy atom. The Kier molecular flexibility index (Phi) is 5.14. The first-order chi connectivity index (χ1) is 10.1. The standard InChI is InChI=1S/C15H21N3O3/c1-2-3-11-5-7-18(10-11)15(21)17-9-13-8-12(14(19)20)4-6-16-13/h4,6,8,11H,2-3,5,7,9-10H2,1H3,(H,17,21)(H,19,20). The van der Waals surface area contributed by atoms with Gasteiger partial charge in [0.1, 0.15) is 0 Å². The number of nitrogens with zero attached hydrogens (tertiary/aromatic N) is 2. The molecule has 1 aliphatic heterocycles. The maximum absolute atomic E-state index is 12.1. The topological polar surface area (TPSA) is 82.5 Å². The lowest BCUT2D eigenvalue weighted by atomic mass is 10.0. The molecule has 1 fully saturated rings. The zero-order valence-corrected chi connectivity index (χ0v) is 12.2. The van der Waals surface area contributed by atoms with E-state index in [1.807, 2.05) is 4.90 Å². The van der Waals surface area contributed by atoms with Gasteiger partial charge in [0, 0.05) is 19.3 Å². The second-order valence-electron chi connectivity index (χ2n) is 5.39. The van der Waals surface area contributed by atoms with E-state index in [2.05, 4.69) is 17.2 Å². The highest BCUT2D eigenvalue weighted by molar-refractivity contribution is 5.87. The first-order valence-corrected chi connectivity index (χ1v) is 7.31. The number of nitrogens with one attached hydrogen (secondary N) is 1. The largest absolute Gasteiger partial charge is 0.478 e. The van der Waals surface area contributed by atoms with Crippen molar-refractivity contribution in [2.45, 2.75) is 32.7 Å². The molecular formula is C15H21N3O3. The molecule has 1 saturated heterocycles. The molecule has 0 aromatic carbocycles. The number of carboxylic acid groups (broad SMARTS) is 1. The first-order valence-electron chi connectivity index (χ1n) is 7.31. The van der Waals surface area contributed by atoms with Crippen LogP contribution in [0.4, 0.5) is 4.79 Å². The number of carboxylic acids is 1. The molecule has 1 atom stereocenters. The Labute approximate surface area is 124 Å². The Hall–Kier alpha value is -2.11. The normalized spacial score (nSPS) is 17.8. The van der Waals surface area contributed by atoms with Crippen LogP contribution < -0.4 is 5.32 Å². The summed E-state index contributed by atoms with van der Waals surface area (Å²) in [6.45, 7) is 4.00. The van der Waals surface area contributed by atoms with E-state index in [0.717, 1.165) is 32.4 Å². The SMILES string of the molecule is CCCC1CCN(C(=O)NCc2cc(C(=O)O)ccn2)C1. The van der Waals surface area contributed by atoms with E-state index in [0.29, 0.717) is 11.6 Å². The summed E-state index contributed by atoms with van der Waals surface area (Å²) in [5, 5.41) is 11.7. The van der Waals surface area contributed by atoms with E-state index in [9.17, 15) is 9.59 Å². The summed E-state index contributed by atoms with van der Waals surface area (Å²) in [4.78, 5) is 28.8. The average molecular weight is 291 g/mol. The summed E-state index contributed by atoms with van der Waals surface area (Å²) < 4.78 is 0. The molecule has 0 radical (unpaired) electrons. The molecule has 1 aromatic rings. The van der Waals surface area contributed by atoms with E-state index in [1.54, 1.807) is 0 Å². The molecule has 0 saturated carbocycles. The third-order valence-corrected chi connectivity index (χ3v) is 3.75. The van der Waals surface area contributed by atoms with Crippen LogP contribution in [0, 0.1) is 5.92 Å². The van der Waals surface area contributed by atoms with Crippen LogP contribution in [-0.2, 0) is 6.54 Å². The summed E-state index contributed by atoms with van der Waals surface area (Å²) in [5.74, 6) is -0.388. The summed E-state index contributed by atoms with van der Waals surface area (Å²) in [6, 6.07) is 2.81. The number of aromatic carboxylic acids is 1. The van der Waals surface area contributed by atoms with Gasteiger partial charge >= 0.3 is 12.0 Å². The van der Waals surface area contributed by atoms with Gasteiger partial charge in [-0.1, -0.05) is 13.3 Å². The number of hydrogen-bond donors (Lipinski definition) is 2. The number of carbonyl (C=O) groups excluding carboxylic acids is 1. The van der Waals surface area contributed by atoms with Crippen LogP contribution in [0.25, 0.3) is 0 Å². The van der Waals surface area contributed by atoms with Gasteiger partial charge in [-0.15, -0.1) is 0 Å². The van der Waals surface area contributed by atoms with Gasteiger partial charge in [-0.3, -0.25) is 4.98 Å². The van der Waals surface area contributed by atoms with Gasteiger partial charge in [0.05, 0.1) is 17.8 Å². The molecule has 2 heterocycles. The van der Waals surface area contributed by atoms with Gasteiger partial charge in [-0.25, -0.2) is 9.59 Å². The Morgan fingerprint density at radius 3 is 3.05 bits per heavy atom. The minimum Gasteiger partial charge on any atom is -0.478 e. The molecule has 2 N–H and O–H groups in total. The molecule has 0 spiro atoms. The lowest BCUT2D eigenvalue weighted by Crippen LogP contribution is -2.38. The highest BCUT2D eigenvalue weighted by atomic mass is 16.4. The van der Waals surface area contributed by atoms with E-state index in [-0.39, 0.29) is 18.1 Å². The fourth-order valence-electron chi connectivity index (χ4n) is 2.65. The van der Waals surface area contributed by atoms with Crippen LogP contribution in [0.5, 0.6) is 0 Å². The number of rotatable bonds is 5. The van der Waals surface area contributed by atoms with Gasteiger partial charge in [-0.05, 0) is 30.9 Å². The van der Waals surface area contributed by atoms with Crippen molar-refractivity contribution in [2.75, 3.05) is 13.1 Å². The predicted octanol–water partition coefficient (Wildman–Crippen LogP) is 2.11. The summed E-state index contributed by atoms with van der Waals surface area (Å²) in [5.41, 5.74) is 0.728. The van der Waals surface area contributed by atoms with Gasteiger partial charge in [0.15, 0.2) is 0 Å². The monoisotopic (exact) mass is 291 g/mol. The van der Waals surface area contributed by atoms with Crippen molar-refractivity contribution in [1.29, 1.82) is 0 Å². The van der Waals surface area contributed by atoms with Gasteiger partial charge in [0.25, 0.3) is 0 Å². The number of hydrogen-bond acceptors (Lipinski definition) is 3. The summed E-state index contributed by atoms with van der Waals surface area (Å²) in [6.07, 6.45) is 4.81. The molecule has 6 heteroatoms. The maximum Gasteiger partial charge on any atom is 0.335 e. The van der Waals surface area contributed by atoms with Crippen molar-refractivity contribution in [1.82, 2.24) is 15.2 Å². The minimum absolute atomic E-state index is 0.101. The number of aromatic nitrogens is 1. The lowest BCUT2D eigenvalue weighted by Gasteiger charge is -2.17. The van der Waals surface area contributed by atoms with Crippen molar-refractivity contribution in [3.05, 3.63) is 29.6 Å². The van der Waals surface area contributed by atoms with Crippen molar-refractivity contribution < 1.29 is 14.7 Å². The van der Waals surface area contributed by atoms with E-state index < -0.39 is 5.97 Å². The lowest BCUT2D eigenvalue weighted by molar-refractivity contribution is 0.0696. The second kappa shape index (κ2) is 7.06. The Balaban J connectivity index is 1.84. The number of amides is 2. The zero-order valence-electron chi connectivity index (χ0n) is 12.2. The smallest absolute Gasteiger partial charge is 0.335 e. The summed E-state index contributed by atoms with van der Waals surface area (Å²) in [7, 11) is 0. The van der Waals surface area contributed by atoms with Crippen molar-refractivity contribution in [3.8, 4) is 0 Å². The molecule has 2 amide bonds. The van der Waals surface area contributed by atoms with Crippen molar-refractivity contribution in [3.63, 3.8) is 0 Å². The molecule has 21 heavy (non-hydrogen) atoms. The van der Waals surface area contributed by atoms with Gasteiger partial charge in [-0.2, -0.15) is 0 Å². The van der Waals surface area contributed by atoms with Crippen LogP contribution in [0.3, 0.4) is 0 Å². The van der Waals surface area contributed by atoms with Crippen molar-refractivity contribution >= 4 is 12.0 Å². The minimum atomic E-state index is -0.994. The second-order valence-corrected chi connectivity index (χ2v) is 5.39. The van der Waals surface area contributed by atoms with Gasteiger partial charge < -0.3 is 15.3 Å². The maximum atomic E-state index is 12.1. The number of urea groups is 1. The predicted molar refractivity (Wildman–Crippen MR) is 78.0 cm³/mol. The van der Waals surface area contributed by atoms with Crippen LogP contribution in [0.15, 0.2) is 18.3 Å². The third-order valence-electron chi connectivity index (χ3n) is 3.75. The molecule has 1 aliphatic rings. The summed E-state index contributed by atoms with van der Waals surface area (Å²) >= 11 is 0. The first kappa shape index (κ1) is 15.3. The fraction of sp³-hybridized carbons (Fsp3) is 0.533. The van der Waals surface area contributed by atoms with Crippen LogP contribution in [0.2, 0.25) is 0 Å². The highest BCUT2D eigenvalue weighted by Crippen LogP contribution is 2.20. The Morgan fingerprint density at radius 2 is 2.33 bits per heavy atom. The zero-order chi connectivity index (χ0) is 15.2. The number of pyridine rings is 1. The molecule has 2 rings (SSSR count). The average Bonchev–Trinajstić information content (AvgIpc) is 2.94. The van der Waals surface area contributed by atoms with Gasteiger partial charge in [0.2, 0.25) is 0 Å². The van der Waals surface area contributed by atoms with E-state index >= 15 is 0 Å². The molecule has 0 bridgehead atoms. The highest BCUT2D eigenvalue weighted by Gasteiger charge is 2.25. The van der Waals surface area contributed by atoms with Crippen LogP contribution in [0.1, 0.15) is 42.2 Å². The number of carbonyl (C=O) groups is 2. The molecule has 114 valence electrons. The molecular weight excluding hydrogens is 270 g/mol.